The van der Waals surface area contributed by atoms with Gasteiger partial charge < -0.3 is 10.1 Å². The Morgan fingerprint density at radius 2 is 1.84 bits per heavy atom. The van der Waals surface area contributed by atoms with E-state index < -0.39 is 33.8 Å². The Morgan fingerprint density at radius 1 is 1.16 bits per heavy atom. The van der Waals surface area contributed by atoms with Crippen LogP contribution < -0.4 is 5.32 Å². The molecule has 134 valence electrons. The van der Waals surface area contributed by atoms with E-state index in [-0.39, 0.29) is 13.0 Å². The van der Waals surface area contributed by atoms with Crippen LogP contribution in [0.25, 0.3) is 10.8 Å². The lowest BCUT2D eigenvalue weighted by Crippen LogP contribution is -2.43. The average molecular weight is 365 g/mol. The quantitative estimate of drug-likeness (QED) is 0.572. The van der Waals surface area contributed by atoms with Gasteiger partial charge in [-0.05, 0) is 30.2 Å². The topological polar surface area (TPSA) is 110 Å². The summed E-state index contributed by atoms with van der Waals surface area (Å²) in [6, 6.07) is 11.3. The maximum atomic E-state index is 12.6. The van der Waals surface area contributed by atoms with Crippen LogP contribution in [0, 0.1) is 0 Å². The Bertz CT molecular complexity index is 872. The van der Waals surface area contributed by atoms with E-state index in [1.807, 2.05) is 18.2 Å². The Labute approximate surface area is 145 Å². The van der Waals surface area contributed by atoms with Crippen molar-refractivity contribution >= 4 is 32.8 Å². The number of fused-ring (bicyclic) bond motifs is 1. The van der Waals surface area contributed by atoms with Gasteiger partial charge in [-0.25, -0.2) is 4.79 Å². The minimum absolute atomic E-state index is 0.0886. The lowest BCUT2D eigenvalue weighted by molar-refractivity contribution is -0.145. The third kappa shape index (κ3) is 5.27. The second-order valence-electron chi connectivity index (χ2n) is 5.38. The first-order chi connectivity index (χ1) is 11.8. The molecule has 7 nitrogen and oxygen atoms in total. The van der Waals surface area contributed by atoms with Crippen LogP contribution in [0.2, 0.25) is 0 Å². The first-order valence-electron chi connectivity index (χ1n) is 7.72. The first-order valence-corrected chi connectivity index (χ1v) is 9.33. The highest BCUT2D eigenvalue weighted by Crippen LogP contribution is 2.18. The molecule has 0 spiro atoms. The summed E-state index contributed by atoms with van der Waals surface area (Å²) in [6.07, 6.45) is -0.284. The van der Waals surface area contributed by atoms with E-state index in [1.165, 1.54) is 0 Å². The molecule has 0 aliphatic carbocycles. The molecule has 2 aromatic carbocycles. The van der Waals surface area contributed by atoms with Gasteiger partial charge in [-0.3, -0.25) is 9.35 Å². The number of ether oxygens (including phenoxy) is 1. The Balaban J connectivity index is 2.24. The molecule has 0 aliphatic heterocycles. The second-order valence-corrected chi connectivity index (χ2v) is 6.95. The van der Waals surface area contributed by atoms with Crippen molar-refractivity contribution in [1.29, 1.82) is 0 Å². The number of esters is 1. The Hall–Kier alpha value is -2.45. The summed E-state index contributed by atoms with van der Waals surface area (Å²) in [7, 11) is -4.26. The highest BCUT2D eigenvalue weighted by atomic mass is 32.2. The molecule has 0 heterocycles. The zero-order valence-electron chi connectivity index (χ0n) is 13.6. The predicted octanol–water partition coefficient (Wildman–Crippen LogP) is 1.78. The molecule has 0 aliphatic rings. The molecule has 0 radical (unpaired) electrons. The molecule has 0 saturated heterocycles. The van der Waals surface area contributed by atoms with Gasteiger partial charge >= 0.3 is 5.97 Å². The smallest absolute Gasteiger partial charge is 0.328 e. The van der Waals surface area contributed by atoms with Crippen molar-refractivity contribution in [3.05, 3.63) is 48.0 Å². The fourth-order valence-corrected chi connectivity index (χ4v) is 2.95. The summed E-state index contributed by atoms with van der Waals surface area (Å²) in [5.41, 5.74) is 0.360. The number of rotatable bonds is 7. The second kappa shape index (κ2) is 8.09. The number of hydrogen-bond donors (Lipinski definition) is 2. The Morgan fingerprint density at radius 3 is 2.52 bits per heavy atom. The molecular weight excluding hydrogens is 346 g/mol. The fourth-order valence-electron chi connectivity index (χ4n) is 2.42. The zero-order chi connectivity index (χ0) is 18.4. The van der Waals surface area contributed by atoms with Crippen molar-refractivity contribution in [2.45, 2.75) is 19.4 Å². The van der Waals surface area contributed by atoms with Crippen LogP contribution in [0.4, 0.5) is 0 Å². The maximum absolute atomic E-state index is 12.6. The molecule has 0 bridgehead atoms. The van der Waals surface area contributed by atoms with Crippen molar-refractivity contribution in [2.75, 3.05) is 12.4 Å². The summed E-state index contributed by atoms with van der Waals surface area (Å²) < 4.78 is 35.6. The SMILES string of the molecule is CCOC(=O)[C@H](CCS(=O)(=O)O)NC(=O)c1cccc2ccccc12. The van der Waals surface area contributed by atoms with Crippen LogP contribution in [0.5, 0.6) is 0 Å². The first kappa shape index (κ1) is 18.9. The lowest BCUT2D eigenvalue weighted by atomic mass is 10.0. The van der Waals surface area contributed by atoms with Gasteiger partial charge in [-0.1, -0.05) is 36.4 Å². The fraction of sp³-hybridized carbons (Fsp3) is 0.294. The molecule has 25 heavy (non-hydrogen) atoms. The van der Waals surface area contributed by atoms with Gasteiger partial charge in [0, 0.05) is 5.56 Å². The molecule has 8 heteroatoms. The van der Waals surface area contributed by atoms with Gasteiger partial charge in [-0.2, -0.15) is 8.42 Å². The Kier molecular flexibility index (Phi) is 6.11. The van der Waals surface area contributed by atoms with E-state index in [4.69, 9.17) is 9.29 Å². The summed E-state index contributed by atoms with van der Waals surface area (Å²) in [6.45, 7) is 1.69. The van der Waals surface area contributed by atoms with Crippen LogP contribution in [-0.4, -0.2) is 43.2 Å². The standard InChI is InChI=1S/C17H19NO6S/c1-2-24-17(20)15(10-11-25(21,22)23)18-16(19)14-9-5-7-12-6-3-4-8-13(12)14/h3-9,15H,2,10-11H2,1H3,(H,18,19)(H,21,22,23)/t15-/m0/s1. The predicted molar refractivity (Wildman–Crippen MR) is 92.9 cm³/mol. The number of carbonyl (C=O) groups excluding carboxylic acids is 2. The summed E-state index contributed by atoms with van der Waals surface area (Å²) in [5.74, 6) is -1.93. The van der Waals surface area contributed by atoms with E-state index >= 15 is 0 Å². The number of nitrogens with one attached hydrogen (secondary N) is 1. The van der Waals surface area contributed by atoms with Gasteiger partial charge in [0.25, 0.3) is 16.0 Å². The summed E-state index contributed by atoms with van der Waals surface area (Å²) in [5, 5.41) is 4.06. The van der Waals surface area contributed by atoms with E-state index in [0.717, 1.165) is 5.39 Å². The van der Waals surface area contributed by atoms with E-state index in [2.05, 4.69) is 5.32 Å². The van der Waals surface area contributed by atoms with Crippen LogP contribution >= 0.6 is 0 Å². The van der Waals surface area contributed by atoms with Crippen LogP contribution in [0.3, 0.4) is 0 Å². The molecular formula is C17H19NO6S. The zero-order valence-corrected chi connectivity index (χ0v) is 14.5. The van der Waals surface area contributed by atoms with Gasteiger partial charge in [-0.15, -0.1) is 0 Å². The van der Waals surface area contributed by atoms with Crippen LogP contribution in [0.15, 0.2) is 42.5 Å². The van der Waals surface area contributed by atoms with Crippen molar-refractivity contribution < 1.29 is 27.3 Å². The number of carbonyl (C=O) groups is 2. The van der Waals surface area contributed by atoms with Gasteiger partial charge in [0.15, 0.2) is 0 Å². The molecule has 0 saturated carbocycles. The molecule has 2 rings (SSSR count). The molecule has 0 aromatic heterocycles. The third-order valence-electron chi connectivity index (χ3n) is 3.58. The normalized spacial score (nSPS) is 12.6. The third-order valence-corrected chi connectivity index (χ3v) is 4.33. The van der Waals surface area contributed by atoms with Crippen LogP contribution in [-0.2, 0) is 19.6 Å². The molecule has 2 aromatic rings. The van der Waals surface area contributed by atoms with Gasteiger partial charge in [0.2, 0.25) is 0 Å². The monoisotopic (exact) mass is 365 g/mol. The van der Waals surface area contributed by atoms with E-state index in [0.29, 0.717) is 10.9 Å². The maximum Gasteiger partial charge on any atom is 0.328 e. The van der Waals surface area contributed by atoms with E-state index in [9.17, 15) is 18.0 Å². The summed E-state index contributed by atoms with van der Waals surface area (Å²) in [4.78, 5) is 24.5. The minimum atomic E-state index is -4.26. The van der Waals surface area contributed by atoms with Gasteiger partial charge in [0.1, 0.15) is 6.04 Å². The highest BCUT2D eigenvalue weighted by Gasteiger charge is 2.25. The molecule has 1 atom stereocenters. The number of hydrogen-bond acceptors (Lipinski definition) is 5. The van der Waals surface area contributed by atoms with Crippen molar-refractivity contribution in [3.8, 4) is 0 Å². The molecule has 0 fully saturated rings. The summed E-state index contributed by atoms with van der Waals surface area (Å²) >= 11 is 0. The van der Waals surface area contributed by atoms with Crippen molar-refractivity contribution in [2.24, 2.45) is 0 Å². The number of amides is 1. The minimum Gasteiger partial charge on any atom is -0.464 e. The number of benzene rings is 2. The molecule has 0 unspecified atom stereocenters. The lowest BCUT2D eigenvalue weighted by Gasteiger charge is -2.17. The van der Waals surface area contributed by atoms with Crippen molar-refractivity contribution in [3.63, 3.8) is 0 Å². The molecule has 1 amide bonds. The van der Waals surface area contributed by atoms with E-state index in [1.54, 1.807) is 31.2 Å². The van der Waals surface area contributed by atoms with Crippen molar-refractivity contribution in [1.82, 2.24) is 5.32 Å². The van der Waals surface area contributed by atoms with Gasteiger partial charge in [0.05, 0.1) is 12.4 Å². The highest BCUT2D eigenvalue weighted by molar-refractivity contribution is 7.85. The largest absolute Gasteiger partial charge is 0.464 e. The van der Waals surface area contributed by atoms with Crippen LogP contribution in [0.1, 0.15) is 23.7 Å². The molecule has 2 N–H and O–H groups in total. The average Bonchev–Trinajstić information content (AvgIpc) is 2.57.